The van der Waals surface area contributed by atoms with E-state index < -0.39 is 0 Å². The average molecular weight is 254 g/mol. The molecule has 5 nitrogen and oxygen atoms in total. The summed E-state index contributed by atoms with van der Waals surface area (Å²) < 4.78 is 16.2. The SMILES string of the molecule is COc1ccccc1OCCOCCNCCN. The molecule has 0 aromatic heterocycles. The van der Waals surface area contributed by atoms with Crippen LogP contribution in [0.2, 0.25) is 0 Å². The molecule has 0 amide bonds. The van der Waals surface area contributed by atoms with Gasteiger partial charge in [0.1, 0.15) is 6.61 Å². The normalized spacial score (nSPS) is 10.3. The van der Waals surface area contributed by atoms with Gasteiger partial charge in [0.15, 0.2) is 11.5 Å². The number of rotatable bonds is 10. The van der Waals surface area contributed by atoms with Gasteiger partial charge in [0.05, 0.1) is 20.3 Å². The molecule has 3 N–H and O–H groups in total. The lowest BCUT2D eigenvalue weighted by Gasteiger charge is -2.10. The maximum atomic E-state index is 5.57. The zero-order valence-corrected chi connectivity index (χ0v) is 10.9. The standard InChI is InChI=1S/C13H22N2O3/c1-16-12-4-2-3-5-13(12)18-11-10-17-9-8-15-7-6-14/h2-5,15H,6-11,14H2,1H3. The summed E-state index contributed by atoms with van der Waals surface area (Å²) in [4.78, 5) is 0. The minimum atomic E-state index is 0.511. The first-order chi connectivity index (χ1) is 8.88. The molecule has 1 aromatic carbocycles. The average Bonchev–Trinajstić information content (AvgIpc) is 2.42. The number of benzene rings is 1. The first kappa shape index (κ1) is 14.8. The van der Waals surface area contributed by atoms with Crippen LogP contribution in [0.4, 0.5) is 0 Å². The van der Waals surface area contributed by atoms with Gasteiger partial charge in [0.2, 0.25) is 0 Å². The minimum Gasteiger partial charge on any atom is -0.493 e. The van der Waals surface area contributed by atoms with E-state index in [4.69, 9.17) is 19.9 Å². The predicted molar refractivity (Wildman–Crippen MR) is 71.2 cm³/mol. The van der Waals surface area contributed by atoms with E-state index in [2.05, 4.69) is 5.32 Å². The molecule has 0 radical (unpaired) electrons. The Labute approximate surface area is 108 Å². The van der Waals surface area contributed by atoms with Gasteiger partial charge in [-0.25, -0.2) is 0 Å². The second-order valence-electron chi connectivity index (χ2n) is 3.65. The van der Waals surface area contributed by atoms with Gasteiger partial charge in [-0.05, 0) is 12.1 Å². The Hall–Kier alpha value is -1.30. The van der Waals surface area contributed by atoms with E-state index in [-0.39, 0.29) is 0 Å². The van der Waals surface area contributed by atoms with Gasteiger partial charge >= 0.3 is 0 Å². The fourth-order valence-corrected chi connectivity index (χ4v) is 1.42. The van der Waals surface area contributed by atoms with Gasteiger partial charge in [-0.1, -0.05) is 12.1 Å². The highest BCUT2D eigenvalue weighted by Gasteiger charge is 2.01. The van der Waals surface area contributed by atoms with Gasteiger partial charge in [-0.15, -0.1) is 0 Å². The molecule has 0 saturated carbocycles. The molecule has 18 heavy (non-hydrogen) atoms. The van der Waals surface area contributed by atoms with Crippen LogP contribution in [0.25, 0.3) is 0 Å². The number of para-hydroxylation sites is 2. The van der Waals surface area contributed by atoms with E-state index in [9.17, 15) is 0 Å². The summed E-state index contributed by atoms with van der Waals surface area (Å²) in [6, 6.07) is 7.56. The number of nitrogens with one attached hydrogen (secondary N) is 1. The second kappa shape index (κ2) is 9.70. The molecule has 0 heterocycles. The highest BCUT2D eigenvalue weighted by Crippen LogP contribution is 2.25. The molecule has 5 heteroatoms. The Bertz CT molecular complexity index is 321. The third kappa shape index (κ3) is 5.86. The number of nitrogens with two attached hydrogens (primary N) is 1. The monoisotopic (exact) mass is 254 g/mol. The summed E-state index contributed by atoms with van der Waals surface area (Å²) in [5.74, 6) is 1.48. The Morgan fingerprint density at radius 1 is 1.06 bits per heavy atom. The molecule has 0 spiro atoms. The number of hydrogen-bond acceptors (Lipinski definition) is 5. The summed E-state index contributed by atoms with van der Waals surface area (Å²) in [7, 11) is 1.63. The summed E-state index contributed by atoms with van der Waals surface area (Å²) in [5.41, 5.74) is 5.35. The highest BCUT2D eigenvalue weighted by molar-refractivity contribution is 5.39. The van der Waals surface area contributed by atoms with E-state index in [0.29, 0.717) is 26.4 Å². The molecular weight excluding hydrogens is 232 g/mol. The summed E-state index contributed by atoms with van der Waals surface area (Å²) in [5, 5.41) is 3.15. The first-order valence-electron chi connectivity index (χ1n) is 6.13. The summed E-state index contributed by atoms with van der Waals surface area (Å²) in [6.07, 6.45) is 0. The van der Waals surface area contributed by atoms with Gasteiger partial charge in [0, 0.05) is 19.6 Å². The molecule has 1 rings (SSSR count). The molecule has 0 atom stereocenters. The van der Waals surface area contributed by atoms with Crippen LogP contribution in [0.3, 0.4) is 0 Å². The van der Waals surface area contributed by atoms with Crippen molar-refractivity contribution in [2.24, 2.45) is 5.73 Å². The van der Waals surface area contributed by atoms with Crippen molar-refractivity contribution in [3.63, 3.8) is 0 Å². The van der Waals surface area contributed by atoms with Crippen molar-refractivity contribution in [2.75, 3.05) is 46.6 Å². The molecule has 0 aliphatic heterocycles. The van der Waals surface area contributed by atoms with Crippen molar-refractivity contribution in [1.29, 1.82) is 0 Å². The van der Waals surface area contributed by atoms with E-state index in [1.54, 1.807) is 7.11 Å². The van der Waals surface area contributed by atoms with Crippen molar-refractivity contribution < 1.29 is 14.2 Å². The Balaban J connectivity index is 2.07. The number of ether oxygens (including phenoxy) is 3. The van der Waals surface area contributed by atoms with E-state index in [1.165, 1.54) is 0 Å². The predicted octanol–water partition coefficient (Wildman–Crippen LogP) is 0.639. The maximum Gasteiger partial charge on any atom is 0.161 e. The third-order valence-corrected chi connectivity index (χ3v) is 2.30. The molecule has 0 fully saturated rings. The number of methoxy groups -OCH3 is 1. The van der Waals surface area contributed by atoms with Crippen LogP contribution in [-0.4, -0.2) is 46.6 Å². The topological polar surface area (TPSA) is 65.7 Å². The van der Waals surface area contributed by atoms with Crippen LogP contribution in [0.1, 0.15) is 0 Å². The second-order valence-corrected chi connectivity index (χ2v) is 3.65. The smallest absolute Gasteiger partial charge is 0.161 e. The van der Waals surface area contributed by atoms with Crippen molar-refractivity contribution in [3.8, 4) is 11.5 Å². The Morgan fingerprint density at radius 3 is 2.56 bits per heavy atom. The molecule has 0 aliphatic carbocycles. The molecule has 1 aromatic rings. The van der Waals surface area contributed by atoms with Gasteiger partial charge in [-0.3, -0.25) is 0 Å². The van der Waals surface area contributed by atoms with Crippen LogP contribution in [0.15, 0.2) is 24.3 Å². The van der Waals surface area contributed by atoms with Gasteiger partial charge in [-0.2, -0.15) is 0 Å². The molecule has 0 unspecified atom stereocenters. The zero-order chi connectivity index (χ0) is 13.1. The van der Waals surface area contributed by atoms with Crippen LogP contribution in [-0.2, 0) is 4.74 Å². The Morgan fingerprint density at radius 2 is 1.83 bits per heavy atom. The fraction of sp³-hybridized carbons (Fsp3) is 0.538. The van der Waals surface area contributed by atoms with Crippen LogP contribution in [0, 0.1) is 0 Å². The molecule has 0 saturated heterocycles. The van der Waals surface area contributed by atoms with Crippen LogP contribution >= 0.6 is 0 Å². The molecule has 0 bridgehead atoms. The summed E-state index contributed by atoms with van der Waals surface area (Å²) >= 11 is 0. The minimum absolute atomic E-state index is 0.511. The lowest BCUT2D eigenvalue weighted by molar-refractivity contribution is 0.101. The highest BCUT2D eigenvalue weighted by atomic mass is 16.5. The number of hydrogen-bond donors (Lipinski definition) is 2. The van der Waals surface area contributed by atoms with Crippen molar-refractivity contribution in [2.45, 2.75) is 0 Å². The third-order valence-electron chi connectivity index (χ3n) is 2.30. The summed E-state index contributed by atoms with van der Waals surface area (Å²) in [6.45, 7) is 4.01. The van der Waals surface area contributed by atoms with E-state index in [1.807, 2.05) is 24.3 Å². The van der Waals surface area contributed by atoms with Crippen LogP contribution in [0.5, 0.6) is 11.5 Å². The van der Waals surface area contributed by atoms with E-state index in [0.717, 1.165) is 24.6 Å². The van der Waals surface area contributed by atoms with Gasteiger partial charge < -0.3 is 25.3 Å². The van der Waals surface area contributed by atoms with Crippen molar-refractivity contribution in [3.05, 3.63) is 24.3 Å². The van der Waals surface area contributed by atoms with Crippen molar-refractivity contribution in [1.82, 2.24) is 5.32 Å². The zero-order valence-electron chi connectivity index (χ0n) is 10.9. The molecule has 0 aliphatic rings. The maximum absolute atomic E-state index is 5.57. The largest absolute Gasteiger partial charge is 0.493 e. The van der Waals surface area contributed by atoms with Gasteiger partial charge in [0.25, 0.3) is 0 Å². The first-order valence-corrected chi connectivity index (χ1v) is 6.13. The molecule has 102 valence electrons. The lowest BCUT2D eigenvalue weighted by atomic mass is 10.3. The Kier molecular flexibility index (Phi) is 7.96. The van der Waals surface area contributed by atoms with Crippen LogP contribution < -0.4 is 20.5 Å². The van der Waals surface area contributed by atoms with Crippen molar-refractivity contribution >= 4 is 0 Å². The fourth-order valence-electron chi connectivity index (χ4n) is 1.42. The van der Waals surface area contributed by atoms with E-state index >= 15 is 0 Å². The quantitative estimate of drug-likeness (QED) is 0.600. The molecular formula is C13H22N2O3. The lowest BCUT2D eigenvalue weighted by Crippen LogP contribution is -2.26.